The maximum Gasteiger partial charge on any atom is 0.138 e. The highest BCUT2D eigenvalue weighted by molar-refractivity contribution is 9.10. The molecule has 3 nitrogen and oxygen atoms in total. The summed E-state index contributed by atoms with van der Waals surface area (Å²) < 4.78 is 6.76. The Morgan fingerprint density at radius 3 is 2.68 bits per heavy atom. The van der Waals surface area contributed by atoms with Crippen molar-refractivity contribution in [2.45, 2.75) is 26.0 Å². The highest BCUT2D eigenvalue weighted by atomic mass is 79.9. The average molecular weight is 321 g/mol. The Kier molecular flexibility index (Phi) is 4.93. The normalized spacial score (nSPS) is 12.2. The third-order valence-corrected chi connectivity index (χ3v) is 3.45. The molecule has 1 atom stereocenters. The lowest BCUT2D eigenvalue weighted by Crippen LogP contribution is -2.18. The topological polar surface area (TPSA) is 48.1 Å². The molecule has 2 rings (SSSR count). The number of aromatic nitrogens is 1. The first-order valence-electron chi connectivity index (χ1n) is 6.22. The van der Waals surface area contributed by atoms with Crippen molar-refractivity contribution in [2.24, 2.45) is 5.73 Å². The molecule has 2 N–H and O–H groups in total. The highest BCUT2D eigenvalue weighted by Crippen LogP contribution is 2.18. The van der Waals surface area contributed by atoms with E-state index in [2.05, 4.69) is 20.9 Å². The number of nitrogens with zero attached hydrogens (tertiary/aromatic N) is 1. The third kappa shape index (κ3) is 4.33. The fourth-order valence-electron chi connectivity index (χ4n) is 1.72. The molecule has 100 valence electrons. The summed E-state index contributed by atoms with van der Waals surface area (Å²) in [7, 11) is 0. The molecule has 0 saturated heterocycles. The molecule has 1 heterocycles. The number of ether oxygens (including phenoxy) is 1. The lowest BCUT2D eigenvalue weighted by molar-refractivity contribution is 0.304. The second-order valence-corrected chi connectivity index (χ2v) is 5.40. The average Bonchev–Trinajstić information content (AvgIpc) is 2.39. The smallest absolute Gasteiger partial charge is 0.138 e. The van der Waals surface area contributed by atoms with Crippen LogP contribution in [0, 0.1) is 0 Å². The zero-order valence-electron chi connectivity index (χ0n) is 10.8. The Balaban J connectivity index is 1.95. The molecule has 19 heavy (non-hydrogen) atoms. The Hall–Kier alpha value is -1.39. The van der Waals surface area contributed by atoms with E-state index in [9.17, 15) is 0 Å². The summed E-state index contributed by atoms with van der Waals surface area (Å²) in [5.41, 5.74) is 7.84. The van der Waals surface area contributed by atoms with Crippen LogP contribution in [0.2, 0.25) is 0 Å². The lowest BCUT2D eigenvalue weighted by Gasteiger charge is -2.09. The van der Waals surface area contributed by atoms with Gasteiger partial charge in [-0.3, -0.25) is 4.98 Å². The van der Waals surface area contributed by atoms with Gasteiger partial charge in [-0.15, -0.1) is 0 Å². The number of nitrogens with two attached hydrogens (primary N) is 1. The number of benzene rings is 1. The van der Waals surface area contributed by atoms with Crippen LogP contribution < -0.4 is 10.5 Å². The monoisotopic (exact) mass is 320 g/mol. The molecule has 0 aliphatic rings. The zero-order chi connectivity index (χ0) is 13.7. The molecular weight excluding hydrogens is 304 g/mol. The number of rotatable bonds is 5. The predicted molar refractivity (Wildman–Crippen MR) is 80.1 cm³/mol. The van der Waals surface area contributed by atoms with Crippen LogP contribution >= 0.6 is 15.9 Å². The van der Waals surface area contributed by atoms with Gasteiger partial charge in [-0.2, -0.15) is 0 Å². The van der Waals surface area contributed by atoms with Crippen LogP contribution in [-0.2, 0) is 13.0 Å². The van der Waals surface area contributed by atoms with Gasteiger partial charge >= 0.3 is 0 Å². The zero-order valence-corrected chi connectivity index (χ0v) is 12.4. The van der Waals surface area contributed by atoms with Gasteiger partial charge in [-0.25, -0.2) is 0 Å². The first kappa shape index (κ1) is 14.0. The fraction of sp³-hybridized carbons (Fsp3) is 0.267. The number of halogens is 1. The van der Waals surface area contributed by atoms with E-state index in [1.807, 2.05) is 43.3 Å². The van der Waals surface area contributed by atoms with Crippen LogP contribution in [-0.4, -0.2) is 11.0 Å². The van der Waals surface area contributed by atoms with E-state index in [4.69, 9.17) is 10.5 Å². The standard InChI is InChI=1S/C15H17BrN2O/c1-11(17)8-13-6-7-14(9-18-13)19-10-12-4-2-3-5-15(12)16/h2-7,9,11H,8,10,17H2,1H3. The van der Waals surface area contributed by atoms with Gasteiger partial charge in [0.25, 0.3) is 0 Å². The van der Waals surface area contributed by atoms with E-state index in [1.165, 1.54) is 0 Å². The minimum Gasteiger partial charge on any atom is -0.487 e. The second-order valence-electron chi connectivity index (χ2n) is 4.55. The Labute approximate surface area is 121 Å². The lowest BCUT2D eigenvalue weighted by atomic mass is 10.2. The maximum absolute atomic E-state index is 5.74. The Morgan fingerprint density at radius 1 is 1.26 bits per heavy atom. The minimum atomic E-state index is 0.125. The van der Waals surface area contributed by atoms with E-state index in [-0.39, 0.29) is 6.04 Å². The fourth-order valence-corrected chi connectivity index (χ4v) is 2.12. The summed E-state index contributed by atoms with van der Waals surface area (Å²) in [5.74, 6) is 0.768. The molecular formula is C15H17BrN2O. The van der Waals surface area contributed by atoms with Crippen molar-refractivity contribution < 1.29 is 4.74 Å². The molecule has 0 aliphatic carbocycles. The van der Waals surface area contributed by atoms with Crippen molar-refractivity contribution >= 4 is 15.9 Å². The van der Waals surface area contributed by atoms with Gasteiger partial charge in [-0.1, -0.05) is 34.1 Å². The molecule has 4 heteroatoms. The molecule has 0 bridgehead atoms. The Bertz CT molecular complexity index is 526. The number of pyridine rings is 1. The van der Waals surface area contributed by atoms with Crippen LogP contribution in [0.1, 0.15) is 18.2 Å². The molecule has 1 aromatic heterocycles. The van der Waals surface area contributed by atoms with Gasteiger partial charge < -0.3 is 10.5 Å². The van der Waals surface area contributed by atoms with Gasteiger partial charge in [0.15, 0.2) is 0 Å². The van der Waals surface area contributed by atoms with Crippen molar-refractivity contribution in [1.82, 2.24) is 4.98 Å². The summed E-state index contributed by atoms with van der Waals surface area (Å²) in [5, 5.41) is 0. The van der Waals surface area contributed by atoms with Crippen LogP contribution in [0.5, 0.6) is 5.75 Å². The number of hydrogen-bond acceptors (Lipinski definition) is 3. The molecule has 2 aromatic rings. The van der Waals surface area contributed by atoms with Crippen molar-refractivity contribution in [1.29, 1.82) is 0 Å². The van der Waals surface area contributed by atoms with Gasteiger partial charge in [0, 0.05) is 28.2 Å². The van der Waals surface area contributed by atoms with Crippen molar-refractivity contribution in [3.8, 4) is 5.75 Å². The maximum atomic E-state index is 5.74. The van der Waals surface area contributed by atoms with Crippen LogP contribution in [0.4, 0.5) is 0 Å². The van der Waals surface area contributed by atoms with E-state index >= 15 is 0 Å². The first-order valence-corrected chi connectivity index (χ1v) is 7.01. The molecule has 0 radical (unpaired) electrons. The van der Waals surface area contributed by atoms with Crippen molar-refractivity contribution in [3.05, 3.63) is 58.3 Å². The Morgan fingerprint density at radius 2 is 2.05 bits per heavy atom. The second kappa shape index (κ2) is 6.68. The molecule has 1 unspecified atom stereocenters. The summed E-state index contributed by atoms with van der Waals surface area (Å²) in [6.45, 7) is 2.49. The minimum absolute atomic E-state index is 0.125. The largest absolute Gasteiger partial charge is 0.487 e. The molecule has 0 saturated carbocycles. The van der Waals surface area contributed by atoms with Gasteiger partial charge in [0.1, 0.15) is 12.4 Å². The SMILES string of the molecule is CC(N)Cc1ccc(OCc2ccccc2Br)cn1. The van der Waals surface area contributed by atoms with Crippen molar-refractivity contribution in [2.75, 3.05) is 0 Å². The highest BCUT2D eigenvalue weighted by Gasteiger charge is 2.02. The third-order valence-electron chi connectivity index (χ3n) is 2.68. The van der Waals surface area contributed by atoms with E-state index < -0.39 is 0 Å². The molecule has 0 fully saturated rings. The van der Waals surface area contributed by atoms with Crippen LogP contribution in [0.3, 0.4) is 0 Å². The van der Waals surface area contributed by atoms with Crippen LogP contribution in [0.15, 0.2) is 47.1 Å². The summed E-state index contributed by atoms with van der Waals surface area (Å²) in [6, 6.07) is 12.0. The molecule has 0 amide bonds. The summed E-state index contributed by atoms with van der Waals surface area (Å²) in [4.78, 5) is 4.34. The van der Waals surface area contributed by atoms with Crippen LogP contribution in [0.25, 0.3) is 0 Å². The predicted octanol–water partition coefficient (Wildman–Crippen LogP) is 3.31. The molecule has 1 aromatic carbocycles. The summed E-state index contributed by atoms with van der Waals surface area (Å²) >= 11 is 3.50. The van der Waals surface area contributed by atoms with Crippen molar-refractivity contribution in [3.63, 3.8) is 0 Å². The molecule has 0 spiro atoms. The van der Waals surface area contributed by atoms with E-state index in [1.54, 1.807) is 6.20 Å². The van der Waals surface area contributed by atoms with E-state index in [0.29, 0.717) is 6.61 Å². The van der Waals surface area contributed by atoms with Gasteiger partial charge in [0.2, 0.25) is 0 Å². The van der Waals surface area contributed by atoms with Gasteiger partial charge in [0.05, 0.1) is 6.20 Å². The van der Waals surface area contributed by atoms with E-state index in [0.717, 1.165) is 27.9 Å². The quantitative estimate of drug-likeness (QED) is 0.919. The summed E-state index contributed by atoms with van der Waals surface area (Å²) in [6.07, 6.45) is 2.53. The van der Waals surface area contributed by atoms with Gasteiger partial charge in [-0.05, 0) is 25.1 Å². The first-order chi connectivity index (χ1) is 9.15. The number of hydrogen-bond donors (Lipinski definition) is 1. The molecule has 0 aliphatic heterocycles.